The van der Waals surface area contributed by atoms with E-state index in [2.05, 4.69) is 13.8 Å². The Morgan fingerprint density at radius 2 is 1.69 bits per heavy atom. The largest absolute Gasteiger partial charge is 0.500 e. The number of hydrogen-bond donors (Lipinski definition) is 1. The molecule has 5 heteroatoms. The van der Waals surface area contributed by atoms with Gasteiger partial charge in [0, 0.05) is 25.4 Å². The molecule has 4 nitrogen and oxygen atoms in total. The molecule has 0 amide bonds. The van der Waals surface area contributed by atoms with E-state index in [1.54, 1.807) is 0 Å². The van der Waals surface area contributed by atoms with Gasteiger partial charge in [-0.05, 0) is 40.2 Å². The average Bonchev–Trinajstić information content (AvgIpc) is 2.27. The Morgan fingerprint density at radius 1 is 1.12 bits per heavy atom. The highest BCUT2D eigenvalue weighted by molar-refractivity contribution is 6.60. The predicted octanol–water partition coefficient (Wildman–Crippen LogP) is 2.16. The molecular formula is C11H27NO3Si. The van der Waals surface area contributed by atoms with Crippen molar-refractivity contribution in [1.29, 1.82) is 0 Å². The highest BCUT2D eigenvalue weighted by Gasteiger charge is 2.39. The first-order chi connectivity index (χ1) is 7.64. The van der Waals surface area contributed by atoms with Gasteiger partial charge >= 0.3 is 8.80 Å². The van der Waals surface area contributed by atoms with Crippen LogP contribution in [0.1, 0.15) is 40.5 Å². The molecule has 0 aromatic rings. The molecule has 0 fully saturated rings. The van der Waals surface area contributed by atoms with Crippen LogP contribution in [-0.4, -0.2) is 34.7 Å². The van der Waals surface area contributed by atoms with Crippen LogP contribution >= 0.6 is 0 Å². The number of rotatable bonds is 10. The van der Waals surface area contributed by atoms with E-state index in [0.717, 1.165) is 18.9 Å². The van der Waals surface area contributed by atoms with Crippen LogP contribution in [0.15, 0.2) is 0 Å². The molecule has 0 spiro atoms. The van der Waals surface area contributed by atoms with Gasteiger partial charge in [0.05, 0.1) is 0 Å². The summed E-state index contributed by atoms with van der Waals surface area (Å²) in [6.45, 7) is 10.1. The summed E-state index contributed by atoms with van der Waals surface area (Å²) < 4.78 is 17.5. The summed E-state index contributed by atoms with van der Waals surface area (Å²) in [7, 11) is -2.42. The SMILES string of the molecule is CCO[Si](CC)(OCC)OC(C)CCCN. The second-order valence-corrected chi connectivity index (χ2v) is 6.65. The standard InChI is InChI=1S/C11H27NO3Si/c1-5-13-16(7-3,14-6-2)15-11(4)9-8-10-12/h11H,5-10,12H2,1-4H3. The maximum atomic E-state index is 6.01. The van der Waals surface area contributed by atoms with Crippen molar-refractivity contribution in [3.8, 4) is 0 Å². The normalized spacial score (nSPS) is 14.1. The highest BCUT2D eigenvalue weighted by atomic mass is 28.4. The van der Waals surface area contributed by atoms with Crippen molar-refractivity contribution >= 4 is 8.80 Å². The van der Waals surface area contributed by atoms with Gasteiger partial charge in [0.15, 0.2) is 0 Å². The summed E-state index contributed by atoms with van der Waals surface area (Å²) in [5.74, 6) is 0. The summed E-state index contributed by atoms with van der Waals surface area (Å²) in [6, 6.07) is 0.821. The van der Waals surface area contributed by atoms with E-state index in [4.69, 9.17) is 19.0 Å². The van der Waals surface area contributed by atoms with Crippen molar-refractivity contribution in [2.45, 2.75) is 52.7 Å². The molecule has 16 heavy (non-hydrogen) atoms. The van der Waals surface area contributed by atoms with Crippen LogP contribution in [0.3, 0.4) is 0 Å². The maximum absolute atomic E-state index is 6.01. The lowest BCUT2D eigenvalue weighted by molar-refractivity contribution is 0.0362. The number of nitrogens with two attached hydrogens (primary N) is 1. The van der Waals surface area contributed by atoms with E-state index >= 15 is 0 Å². The molecule has 0 aromatic heterocycles. The van der Waals surface area contributed by atoms with Gasteiger partial charge in [0.25, 0.3) is 0 Å². The Labute approximate surface area is 101 Å². The predicted molar refractivity (Wildman–Crippen MR) is 68.3 cm³/mol. The Balaban J connectivity index is 4.26. The molecule has 1 unspecified atom stereocenters. The highest BCUT2D eigenvalue weighted by Crippen LogP contribution is 2.19. The summed E-state index contributed by atoms with van der Waals surface area (Å²) in [5, 5.41) is 0. The van der Waals surface area contributed by atoms with Crippen molar-refractivity contribution in [2.24, 2.45) is 5.73 Å². The van der Waals surface area contributed by atoms with E-state index in [0.29, 0.717) is 19.8 Å². The van der Waals surface area contributed by atoms with Crippen LogP contribution in [0.2, 0.25) is 6.04 Å². The van der Waals surface area contributed by atoms with Crippen molar-refractivity contribution in [3.05, 3.63) is 0 Å². The Hall–Kier alpha value is 0.0569. The molecule has 0 rings (SSSR count). The van der Waals surface area contributed by atoms with Gasteiger partial charge in [-0.15, -0.1) is 0 Å². The maximum Gasteiger partial charge on any atom is 0.500 e. The fourth-order valence-electron chi connectivity index (χ4n) is 1.61. The van der Waals surface area contributed by atoms with Gasteiger partial charge in [-0.3, -0.25) is 0 Å². The van der Waals surface area contributed by atoms with Crippen LogP contribution in [0.25, 0.3) is 0 Å². The smallest absolute Gasteiger partial charge is 0.374 e. The van der Waals surface area contributed by atoms with Gasteiger partial charge in [0.2, 0.25) is 0 Å². The third-order valence-corrected chi connectivity index (χ3v) is 5.44. The van der Waals surface area contributed by atoms with Gasteiger partial charge in [-0.25, -0.2) is 0 Å². The minimum Gasteiger partial charge on any atom is -0.374 e. The third-order valence-electron chi connectivity index (χ3n) is 2.36. The van der Waals surface area contributed by atoms with E-state index in [9.17, 15) is 0 Å². The topological polar surface area (TPSA) is 53.7 Å². The molecule has 0 aliphatic rings. The van der Waals surface area contributed by atoms with E-state index in [-0.39, 0.29) is 6.10 Å². The van der Waals surface area contributed by atoms with Crippen molar-refractivity contribution in [3.63, 3.8) is 0 Å². The minimum absolute atomic E-state index is 0.160. The molecule has 0 aliphatic heterocycles. The molecule has 2 N–H and O–H groups in total. The van der Waals surface area contributed by atoms with Crippen LogP contribution in [-0.2, 0) is 13.3 Å². The first-order valence-corrected chi connectivity index (χ1v) is 8.23. The van der Waals surface area contributed by atoms with Gasteiger partial charge in [0.1, 0.15) is 0 Å². The molecule has 0 aliphatic carbocycles. The summed E-state index contributed by atoms with van der Waals surface area (Å²) in [4.78, 5) is 0. The average molecular weight is 249 g/mol. The van der Waals surface area contributed by atoms with Crippen LogP contribution in [0.5, 0.6) is 0 Å². The molecule has 0 saturated heterocycles. The molecule has 0 heterocycles. The minimum atomic E-state index is -2.42. The molecular weight excluding hydrogens is 222 g/mol. The zero-order valence-electron chi connectivity index (χ0n) is 11.1. The lowest BCUT2D eigenvalue weighted by Gasteiger charge is -2.30. The Morgan fingerprint density at radius 3 is 2.06 bits per heavy atom. The quantitative estimate of drug-likeness (QED) is 0.603. The monoisotopic (exact) mass is 249 g/mol. The number of hydrogen-bond acceptors (Lipinski definition) is 4. The van der Waals surface area contributed by atoms with Gasteiger partial charge in [-0.2, -0.15) is 0 Å². The van der Waals surface area contributed by atoms with E-state index in [1.807, 2.05) is 13.8 Å². The lowest BCUT2D eigenvalue weighted by atomic mass is 10.2. The Kier molecular flexibility index (Phi) is 9.16. The van der Waals surface area contributed by atoms with Crippen LogP contribution in [0.4, 0.5) is 0 Å². The first kappa shape index (κ1) is 16.1. The molecule has 0 radical (unpaired) electrons. The molecule has 0 aromatic carbocycles. The van der Waals surface area contributed by atoms with Gasteiger partial charge < -0.3 is 19.0 Å². The molecule has 98 valence electrons. The van der Waals surface area contributed by atoms with Gasteiger partial charge in [-0.1, -0.05) is 6.92 Å². The zero-order valence-corrected chi connectivity index (χ0v) is 12.1. The fourth-order valence-corrected chi connectivity index (χ4v) is 4.01. The second-order valence-electron chi connectivity index (χ2n) is 3.76. The van der Waals surface area contributed by atoms with E-state index in [1.165, 1.54) is 0 Å². The second kappa shape index (κ2) is 9.12. The van der Waals surface area contributed by atoms with Crippen LogP contribution in [0, 0.1) is 0 Å². The first-order valence-electron chi connectivity index (χ1n) is 6.29. The molecule has 0 saturated carbocycles. The van der Waals surface area contributed by atoms with Crippen LogP contribution < -0.4 is 5.73 Å². The fraction of sp³-hybridized carbons (Fsp3) is 1.00. The Bertz CT molecular complexity index is 163. The van der Waals surface area contributed by atoms with Crippen molar-refractivity contribution < 1.29 is 13.3 Å². The zero-order chi connectivity index (χ0) is 12.4. The molecule has 1 atom stereocenters. The third kappa shape index (κ3) is 5.96. The summed E-state index contributed by atoms with van der Waals surface area (Å²) in [5.41, 5.74) is 5.48. The van der Waals surface area contributed by atoms with Crippen molar-refractivity contribution in [2.75, 3.05) is 19.8 Å². The van der Waals surface area contributed by atoms with Crippen molar-refractivity contribution in [1.82, 2.24) is 0 Å². The lowest BCUT2D eigenvalue weighted by Crippen LogP contribution is -2.47. The van der Waals surface area contributed by atoms with E-state index < -0.39 is 8.80 Å². The summed E-state index contributed by atoms with van der Waals surface area (Å²) >= 11 is 0. The summed E-state index contributed by atoms with van der Waals surface area (Å²) in [6.07, 6.45) is 2.10. The molecule has 0 bridgehead atoms.